The van der Waals surface area contributed by atoms with Crippen molar-refractivity contribution >= 4 is 11.7 Å². The predicted molar refractivity (Wildman–Crippen MR) is 150 cm³/mol. The summed E-state index contributed by atoms with van der Waals surface area (Å²) in [5.74, 6) is 1.53. The van der Waals surface area contributed by atoms with E-state index in [2.05, 4.69) is 27.6 Å². The summed E-state index contributed by atoms with van der Waals surface area (Å²) in [4.78, 5) is 20.3. The molecule has 40 heavy (non-hydrogen) atoms. The molecule has 1 amide bonds. The number of rotatable bonds is 8. The second kappa shape index (κ2) is 9.96. The second-order valence-corrected chi connectivity index (χ2v) is 11.3. The number of hydrogen-bond donors (Lipinski definition) is 1. The van der Waals surface area contributed by atoms with Crippen LogP contribution in [0.3, 0.4) is 0 Å². The van der Waals surface area contributed by atoms with Gasteiger partial charge in [-0.05, 0) is 79.3 Å². The number of aryl methyl sites for hydroxylation is 1. The highest BCUT2D eigenvalue weighted by molar-refractivity contribution is 6.10. The first-order valence-corrected chi connectivity index (χ1v) is 13.4. The molecule has 4 aromatic rings. The fourth-order valence-electron chi connectivity index (χ4n) is 5.14. The molecule has 1 aliphatic carbocycles. The van der Waals surface area contributed by atoms with Crippen LogP contribution in [0.1, 0.15) is 65.3 Å². The van der Waals surface area contributed by atoms with Crippen LogP contribution in [0.5, 0.6) is 0 Å². The molecule has 1 fully saturated rings. The number of carbonyl (C=O) groups is 1. The number of nitrogens with one attached hydrogen (secondary N) is 1. The smallest absolute Gasteiger partial charge is 0.260 e. The third-order valence-corrected chi connectivity index (χ3v) is 7.37. The minimum absolute atomic E-state index is 0.0950. The van der Waals surface area contributed by atoms with Crippen molar-refractivity contribution in [1.82, 2.24) is 25.1 Å². The number of nitrogens with zero attached hydrogens (tertiary/aromatic N) is 6. The van der Waals surface area contributed by atoms with Crippen LogP contribution >= 0.6 is 0 Å². The minimum Gasteiger partial charge on any atom is -0.317 e. The highest BCUT2D eigenvalue weighted by Gasteiger charge is 2.32. The zero-order valence-electron chi connectivity index (χ0n) is 22.8. The topological polar surface area (TPSA) is 99.7 Å². The maximum Gasteiger partial charge on any atom is 0.260 e. The van der Waals surface area contributed by atoms with Crippen molar-refractivity contribution in [3.05, 3.63) is 82.8 Å². The SMILES string of the molecule is Cn1cnnc1-c1cc(C#N)ccc1-c1cc(C2CC2)nc(N2Cc3ccc(CNCC(C)(C)F)cc3C2=O)c1. The first-order valence-electron chi connectivity index (χ1n) is 13.4. The third kappa shape index (κ3) is 5.10. The van der Waals surface area contributed by atoms with Crippen molar-refractivity contribution in [3.8, 4) is 28.6 Å². The van der Waals surface area contributed by atoms with Gasteiger partial charge in [-0.3, -0.25) is 9.69 Å². The third-order valence-electron chi connectivity index (χ3n) is 7.37. The Hall–Kier alpha value is -4.42. The number of fused-ring (bicyclic) bond motifs is 1. The van der Waals surface area contributed by atoms with Crippen LogP contribution in [-0.4, -0.2) is 37.9 Å². The monoisotopic (exact) mass is 535 g/mol. The van der Waals surface area contributed by atoms with Gasteiger partial charge in [0.05, 0.1) is 18.2 Å². The molecule has 202 valence electrons. The van der Waals surface area contributed by atoms with Gasteiger partial charge in [-0.1, -0.05) is 18.2 Å². The second-order valence-electron chi connectivity index (χ2n) is 11.3. The minimum atomic E-state index is -1.30. The van der Waals surface area contributed by atoms with E-state index in [9.17, 15) is 14.4 Å². The van der Waals surface area contributed by atoms with Crippen molar-refractivity contribution in [2.45, 2.75) is 51.4 Å². The molecule has 2 aliphatic rings. The number of aromatic nitrogens is 4. The van der Waals surface area contributed by atoms with Gasteiger partial charge in [-0.2, -0.15) is 5.26 Å². The van der Waals surface area contributed by atoms with E-state index in [1.807, 2.05) is 48.0 Å². The van der Waals surface area contributed by atoms with Crippen molar-refractivity contribution in [2.75, 3.05) is 11.4 Å². The van der Waals surface area contributed by atoms with E-state index in [1.165, 1.54) is 13.8 Å². The molecule has 9 heteroatoms. The lowest BCUT2D eigenvalue weighted by atomic mass is 9.96. The van der Waals surface area contributed by atoms with E-state index in [0.717, 1.165) is 46.4 Å². The van der Waals surface area contributed by atoms with Gasteiger partial charge in [0, 0.05) is 42.9 Å². The van der Waals surface area contributed by atoms with Crippen molar-refractivity contribution in [2.24, 2.45) is 7.05 Å². The molecule has 8 nitrogen and oxygen atoms in total. The lowest BCUT2D eigenvalue weighted by Gasteiger charge is -2.18. The van der Waals surface area contributed by atoms with Crippen LogP contribution in [0.15, 0.2) is 54.9 Å². The zero-order valence-corrected chi connectivity index (χ0v) is 22.8. The molecule has 0 saturated heterocycles. The summed E-state index contributed by atoms with van der Waals surface area (Å²) in [6.45, 7) is 4.22. The van der Waals surface area contributed by atoms with Crippen molar-refractivity contribution < 1.29 is 9.18 Å². The van der Waals surface area contributed by atoms with Gasteiger partial charge in [0.1, 0.15) is 17.8 Å². The Morgan fingerprint density at radius 1 is 1.10 bits per heavy atom. The molecular formula is C31H30FN7O. The van der Waals surface area contributed by atoms with Gasteiger partial charge < -0.3 is 9.88 Å². The first-order chi connectivity index (χ1) is 19.2. The molecule has 2 aromatic heterocycles. The zero-order chi connectivity index (χ0) is 28.0. The lowest BCUT2D eigenvalue weighted by Crippen LogP contribution is -2.30. The lowest BCUT2D eigenvalue weighted by molar-refractivity contribution is 0.0995. The molecule has 1 N–H and O–H groups in total. The number of hydrogen-bond acceptors (Lipinski definition) is 6. The molecule has 0 unspecified atom stereocenters. The quantitative estimate of drug-likeness (QED) is 0.329. The van der Waals surface area contributed by atoms with E-state index in [-0.39, 0.29) is 12.5 Å². The van der Waals surface area contributed by atoms with Crippen LogP contribution in [0.25, 0.3) is 22.5 Å². The molecule has 0 atom stereocenters. The summed E-state index contributed by atoms with van der Waals surface area (Å²) in [5.41, 5.74) is 5.32. The summed E-state index contributed by atoms with van der Waals surface area (Å²) in [5, 5.41) is 21.0. The van der Waals surface area contributed by atoms with E-state index in [0.29, 0.717) is 41.8 Å². The van der Waals surface area contributed by atoms with E-state index < -0.39 is 5.67 Å². The summed E-state index contributed by atoms with van der Waals surface area (Å²) < 4.78 is 15.7. The highest BCUT2D eigenvalue weighted by atomic mass is 19.1. The van der Waals surface area contributed by atoms with Crippen LogP contribution < -0.4 is 10.2 Å². The van der Waals surface area contributed by atoms with E-state index in [1.54, 1.807) is 17.3 Å². The summed E-state index contributed by atoms with van der Waals surface area (Å²) in [6, 6.07) is 17.7. The maximum absolute atomic E-state index is 13.9. The Bertz CT molecular complexity index is 1660. The molecule has 0 spiro atoms. The number of amides is 1. The number of nitriles is 1. The van der Waals surface area contributed by atoms with E-state index in [4.69, 9.17) is 4.98 Å². The van der Waals surface area contributed by atoms with Crippen LogP contribution in [0.4, 0.5) is 10.2 Å². The largest absolute Gasteiger partial charge is 0.317 e. The van der Waals surface area contributed by atoms with Gasteiger partial charge in [-0.25, -0.2) is 9.37 Å². The predicted octanol–water partition coefficient (Wildman–Crippen LogP) is 5.29. The fraction of sp³-hybridized carbons (Fsp3) is 0.323. The summed E-state index contributed by atoms with van der Waals surface area (Å²) in [7, 11) is 1.87. The number of carbonyl (C=O) groups excluding carboxylic acids is 1. The highest BCUT2D eigenvalue weighted by Crippen LogP contribution is 2.43. The number of alkyl halides is 1. The van der Waals surface area contributed by atoms with Crippen LogP contribution in [-0.2, 0) is 20.1 Å². The maximum atomic E-state index is 13.9. The Morgan fingerprint density at radius 3 is 2.62 bits per heavy atom. The molecule has 3 heterocycles. The number of anilines is 1. The van der Waals surface area contributed by atoms with Gasteiger partial charge in [0.15, 0.2) is 5.82 Å². The van der Waals surface area contributed by atoms with Crippen LogP contribution in [0.2, 0.25) is 0 Å². The average molecular weight is 536 g/mol. The summed E-state index contributed by atoms with van der Waals surface area (Å²) in [6.07, 6.45) is 3.77. The molecule has 1 aliphatic heterocycles. The van der Waals surface area contributed by atoms with Gasteiger partial charge in [0.2, 0.25) is 0 Å². The molecule has 2 aromatic carbocycles. The standard InChI is InChI=1S/C31H30FN7O/c1-31(2,32)17-34-15-20-4-6-22-16-39(30(40)25(22)11-20)28-13-23(12-27(36-28)21-7-8-21)24-9-5-19(14-33)10-26(24)29-37-35-18-38(29)3/h4-6,9-13,18,21,34H,7-8,15-17H2,1-3H3. The Labute approximate surface area is 232 Å². The number of halogens is 1. The molecule has 1 saturated carbocycles. The van der Waals surface area contributed by atoms with Gasteiger partial charge in [0.25, 0.3) is 5.91 Å². The Balaban J connectivity index is 1.36. The van der Waals surface area contributed by atoms with Crippen LogP contribution in [0, 0.1) is 11.3 Å². The summed E-state index contributed by atoms with van der Waals surface area (Å²) >= 11 is 0. The van der Waals surface area contributed by atoms with Gasteiger partial charge >= 0.3 is 0 Å². The number of pyridine rings is 1. The normalized spacial score (nSPS) is 14.9. The average Bonchev–Trinajstić information content (AvgIpc) is 3.62. The van der Waals surface area contributed by atoms with Crippen molar-refractivity contribution in [1.29, 1.82) is 5.26 Å². The molecule has 6 rings (SSSR count). The first kappa shape index (κ1) is 25.8. The number of benzene rings is 2. The molecule has 0 radical (unpaired) electrons. The van der Waals surface area contributed by atoms with Gasteiger partial charge in [-0.15, -0.1) is 10.2 Å². The Kier molecular flexibility index (Phi) is 6.43. The molecule has 0 bridgehead atoms. The van der Waals surface area contributed by atoms with Crippen molar-refractivity contribution in [3.63, 3.8) is 0 Å². The van der Waals surface area contributed by atoms with E-state index >= 15 is 0 Å². The Morgan fingerprint density at radius 2 is 1.93 bits per heavy atom. The molecular weight excluding hydrogens is 505 g/mol. The fourth-order valence-corrected chi connectivity index (χ4v) is 5.14.